The van der Waals surface area contributed by atoms with Gasteiger partial charge in [0, 0.05) is 17.2 Å². The quantitative estimate of drug-likeness (QED) is 0.816. The molecule has 0 aliphatic rings. The molecule has 0 fully saturated rings. The molecular formula is C15H24BrN. The number of benzene rings is 1. The molecule has 96 valence electrons. The molecule has 1 rings (SSSR count). The van der Waals surface area contributed by atoms with E-state index < -0.39 is 0 Å². The summed E-state index contributed by atoms with van der Waals surface area (Å²) in [7, 11) is 2.02. The molecule has 0 spiro atoms. The highest BCUT2D eigenvalue weighted by atomic mass is 79.9. The van der Waals surface area contributed by atoms with E-state index in [1.54, 1.807) is 0 Å². The highest BCUT2D eigenvalue weighted by Crippen LogP contribution is 2.29. The number of hydrogen-bond donors (Lipinski definition) is 1. The molecule has 1 N–H and O–H groups in total. The van der Waals surface area contributed by atoms with Crippen LogP contribution in [0, 0.1) is 11.8 Å². The standard InChI is InChI=1S/C15H24BrN/c1-10(2)6-12-8-14(16)9-13(7-11(3)4)15(12)17-5/h8-11,17H,6-7H2,1-5H3. The van der Waals surface area contributed by atoms with Crippen LogP contribution in [0.25, 0.3) is 0 Å². The largest absolute Gasteiger partial charge is 0.388 e. The Labute approximate surface area is 114 Å². The van der Waals surface area contributed by atoms with Gasteiger partial charge in [-0.2, -0.15) is 0 Å². The Morgan fingerprint density at radius 2 is 1.41 bits per heavy atom. The Morgan fingerprint density at radius 3 is 1.71 bits per heavy atom. The second kappa shape index (κ2) is 6.44. The van der Waals surface area contributed by atoms with Crippen LogP contribution >= 0.6 is 15.9 Å². The number of hydrogen-bond acceptors (Lipinski definition) is 1. The first-order chi connectivity index (χ1) is 7.93. The highest BCUT2D eigenvalue weighted by molar-refractivity contribution is 9.10. The highest BCUT2D eigenvalue weighted by Gasteiger charge is 2.11. The van der Waals surface area contributed by atoms with Crippen LogP contribution in [0.4, 0.5) is 5.69 Å². The zero-order valence-electron chi connectivity index (χ0n) is 11.6. The third kappa shape index (κ3) is 4.34. The van der Waals surface area contributed by atoms with E-state index in [1.807, 2.05) is 7.05 Å². The molecule has 0 aromatic heterocycles. The summed E-state index contributed by atoms with van der Waals surface area (Å²) >= 11 is 3.63. The number of rotatable bonds is 5. The Balaban J connectivity index is 3.15. The van der Waals surface area contributed by atoms with Crippen LogP contribution in [0.15, 0.2) is 16.6 Å². The Kier molecular flexibility index (Phi) is 5.51. The van der Waals surface area contributed by atoms with Gasteiger partial charge in [0.05, 0.1) is 0 Å². The monoisotopic (exact) mass is 297 g/mol. The van der Waals surface area contributed by atoms with Gasteiger partial charge in [-0.25, -0.2) is 0 Å². The molecule has 0 bridgehead atoms. The van der Waals surface area contributed by atoms with E-state index >= 15 is 0 Å². The van der Waals surface area contributed by atoms with Gasteiger partial charge in [-0.05, 0) is 47.9 Å². The summed E-state index contributed by atoms with van der Waals surface area (Å²) in [5, 5.41) is 3.38. The van der Waals surface area contributed by atoms with Gasteiger partial charge < -0.3 is 5.32 Å². The van der Waals surface area contributed by atoms with Crippen molar-refractivity contribution in [1.29, 1.82) is 0 Å². The molecule has 0 amide bonds. The van der Waals surface area contributed by atoms with Crippen molar-refractivity contribution in [2.45, 2.75) is 40.5 Å². The maximum atomic E-state index is 3.63. The van der Waals surface area contributed by atoms with Gasteiger partial charge in [-0.3, -0.25) is 0 Å². The SMILES string of the molecule is CNc1c(CC(C)C)cc(Br)cc1CC(C)C. The van der Waals surface area contributed by atoms with E-state index in [1.165, 1.54) is 21.3 Å². The molecule has 1 aromatic rings. The predicted octanol–water partition coefficient (Wildman–Crippen LogP) is 4.89. The van der Waals surface area contributed by atoms with E-state index in [4.69, 9.17) is 0 Å². The molecule has 0 saturated carbocycles. The van der Waals surface area contributed by atoms with Crippen molar-refractivity contribution in [3.63, 3.8) is 0 Å². The fraction of sp³-hybridized carbons (Fsp3) is 0.600. The van der Waals surface area contributed by atoms with Crippen LogP contribution in [0.3, 0.4) is 0 Å². The zero-order valence-corrected chi connectivity index (χ0v) is 13.2. The third-order valence-corrected chi connectivity index (χ3v) is 3.23. The Hall–Kier alpha value is -0.500. The number of anilines is 1. The minimum absolute atomic E-state index is 0.684. The molecule has 0 aliphatic heterocycles. The van der Waals surface area contributed by atoms with E-state index in [9.17, 15) is 0 Å². The third-order valence-electron chi connectivity index (χ3n) is 2.77. The fourth-order valence-corrected chi connectivity index (χ4v) is 2.80. The Bertz CT molecular complexity index is 338. The summed E-state index contributed by atoms with van der Waals surface area (Å²) in [6, 6.07) is 4.49. The minimum atomic E-state index is 0.684. The molecule has 0 unspecified atom stereocenters. The van der Waals surface area contributed by atoms with E-state index in [2.05, 4.69) is 61.1 Å². The van der Waals surface area contributed by atoms with Crippen molar-refractivity contribution in [2.75, 3.05) is 12.4 Å². The van der Waals surface area contributed by atoms with Crippen molar-refractivity contribution in [3.05, 3.63) is 27.7 Å². The average molecular weight is 298 g/mol. The summed E-state index contributed by atoms with van der Waals surface area (Å²) in [6.45, 7) is 9.07. The molecular weight excluding hydrogens is 274 g/mol. The average Bonchev–Trinajstić information content (AvgIpc) is 2.14. The van der Waals surface area contributed by atoms with Gasteiger partial charge in [0.15, 0.2) is 0 Å². The van der Waals surface area contributed by atoms with Gasteiger partial charge >= 0.3 is 0 Å². The molecule has 1 nitrogen and oxygen atoms in total. The van der Waals surface area contributed by atoms with Crippen LogP contribution < -0.4 is 5.32 Å². The van der Waals surface area contributed by atoms with E-state index in [-0.39, 0.29) is 0 Å². The van der Waals surface area contributed by atoms with Gasteiger partial charge in [0.2, 0.25) is 0 Å². The Morgan fingerprint density at radius 1 is 1.00 bits per heavy atom. The summed E-state index contributed by atoms with van der Waals surface area (Å²) in [5.74, 6) is 1.37. The summed E-state index contributed by atoms with van der Waals surface area (Å²) in [4.78, 5) is 0. The van der Waals surface area contributed by atoms with E-state index in [0.29, 0.717) is 11.8 Å². The lowest BCUT2D eigenvalue weighted by Crippen LogP contribution is -2.06. The van der Waals surface area contributed by atoms with Crippen LogP contribution in [0.5, 0.6) is 0 Å². The first-order valence-electron chi connectivity index (χ1n) is 6.43. The van der Waals surface area contributed by atoms with Crippen molar-refractivity contribution in [1.82, 2.24) is 0 Å². The first kappa shape index (κ1) is 14.6. The molecule has 0 atom stereocenters. The second-order valence-corrected chi connectivity index (χ2v) is 6.46. The summed E-state index contributed by atoms with van der Waals surface area (Å²) in [6.07, 6.45) is 2.25. The van der Waals surface area contributed by atoms with Gasteiger partial charge in [-0.15, -0.1) is 0 Å². The number of halogens is 1. The van der Waals surface area contributed by atoms with Crippen LogP contribution in [-0.4, -0.2) is 7.05 Å². The van der Waals surface area contributed by atoms with Crippen LogP contribution in [0.1, 0.15) is 38.8 Å². The van der Waals surface area contributed by atoms with Crippen LogP contribution in [-0.2, 0) is 12.8 Å². The lowest BCUT2D eigenvalue weighted by molar-refractivity contribution is 0.637. The van der Waals surface area contributed by atoms with Gasteiger partial charge in [0.1, 0.15) is 0 Å². The molecule has 0 radical (unpaired) electrons. The topological polar surface area (TPSA) is 12.0 Å². The lowest BCUT2D eigenvalue weighted by Gasteiger charge is -2.18. The molecule has 0 aliphatic carbocycles. The lowest BCUT2D eigenvalue weighted by atomic mass is 9.94. The number of nitrogens with one attached hydrogen (secondary N) is 1. The molecule has 0 heterocycles. The van der Waals surface area contributed by atoms with Crippen molar-refractivity contribution >= 4 is 21.6 Å². The summed E-state index contributed by atoms with van der Waals surface area (Å²) in [5.41, 5.74) is 4.18. The first-order valence-corrected chi connectivity index (χ1v) is 7.22. The maximum absolute atomic E-state index is 3.63. The second-order valence-electron chi connectivity index (χ2n) is 5.54. The van der Waals surface area contributed by atoms with Crippen molar-refractivity contribution < 1.29 is 0 Å². The predicted molar refractivity (Wildman–Crippen MR) is 80.8 cm³/mol. The van der Waals surface area contributed by atoms with Gasteiger partial charge in [-0.1, -0.05) is 43.6 Å². The zero-order chi connectivity index (χ0) is 13.0. The summed E-state index contributed by atoms with van der Waals surface area (Å²) < 4.78 is 1.20. The molecule has 0 saturated heterocycles. The van der Waals surface area contributed by atoms with Crippen molar-refractivity contribution in [2.24, 2.45) is 11.8 Å². The normalized spacial score (nSPS) is 11.3. The molecule has 2 heteroatoms. The smallest absolute Gasteiger partial charge is 0.0403 e. The minimum Gasteiger partial charge on any atom is -0.388 e. The van der Waals surface area contributed by atoms with E-state index in [0.717, 1.165) is 12.8 Å². The van der Waals surface area contributed by atoms with Crippen LogP contribution in [0.2, 0.25) is 0 Å². The van der Waals surface area contributed by atoms with Crippen molar-refractivity contribution in [3.8, 4) is 0 Å². The maximum Gasteiger partial charge on any atom is 0.0403 e. The van der Waals surface area contributed by atoms with Gasteiger partial charge in [0.25, 0.3) is 0 Å². The molecule has 1 aromatic carbocycles. The molecule has 17 heavy (non-hydrogen) atoms. The fourth-order valence-electron chi connectivity index (χ4n) is 2.25.